The summed E-state index contributed by atoms with van der Waals surface area (Å²) < 4.78 is 22.9. The van der Waals surface area contributed by atoms with E-state index >= 15 is 0 Å². The van der Waals surface area contributed by atoms with Crippen LogP contribution in [0.2, 0.25) is 10.0 Å². The second-order valence-electron chi connectivity index (χ2n) is 9.89. The van der Waals surface area contributed by atoms with Gasteiger partial charge in [-0.2, -0.15) is 0 Å². The standard InChI is InChI=1S/C27H32Cl2N2O5S2.Na.H/c1-38(35,36)16-5-4-15-27(13-2-3-14-27)26(37)31-22(25(33)34)17-18-9-11-19(12-10-18)30-24(32)23-20(28)7-6-8-21(23)29;;/h6-12,22H,2-5,13-17H2,1H3,(H,30,32)(H,31,37)(H,33,34);;/t22-;;/m0../s1. The van der Waals surface area contributed by atoms with Gasteiger partial charge in [0.15, 0.2) is 0 Å². The van der Waals surface area contributed by atoms with E-state index in [0.29, 0.717) is 17.1 Å². The number of nitrogens with one attached hydrogen (secondary N) is 2. The number of carboxylic acid groups (broad SMARTS) is 1. The van der Waals surface area contributed by atoms with Gasteiger partial charge >= 0.3 is 35.5 Å². The van der Waals surface area contributed by atoms with Crippen molar-refractivity contribution >= 4 is 97.4 Å². The number of carbonyl (C=O) groups excluding carboxylic acids is 1. The van der Waals surface area contributed by atoms with Crippen LogP contribution in [0.15, 0.2) is 42.5 Å². The number of rotatable bonds is 12. The molecule has 208 valence electrons. The predicted molar refractivity (Wildman–Crippen MR) is 163 cm³/mol. The molecule has 0 radical (unpaired) electrons. The maximum absolute atomic E-state index is 12.6. The van der Waals surface area contributed by atoms with Gasteiger partial charge < -0.3 is 15.7 Å². The van der Waals surface area contributed by atoms with E-state index in [1.54, 1.807) is 42.5 Å². The monoisotopic (exact) mass is 622 g/mol. The Morgan fingerprint density at radius 1 is 1.05 bits per heavy atom. The van der Waals surface area contributed by atoms with E-state index in [4.69, 9.17) is 35.4 Å². The third-order valence-electron chi connectivity index (χ3n) is 6.91. The van der Waals surface area contributed by atoms with Gasteiger partial charge in [0.25, 0.3) is 5.91 Å². The van der Waals surface area contributed by atoms with Crippen LogP contribution in [0.4, 0.5) is 5.69 Å². The second-order valence-corrected chi connectivity index (χ2v) is 13.4. The molecule has 2 aromatic carbocycles. The topological polar surface area (TPSA) is 113 Å². The number of hydrogen-bond donors (Lipinski definition) is 3. The first kappa shape index (κ1) is 34.0. The van der Waals surface area contributed by atoms with Crippen molar-refractivity contribution in [2.45, 2.75) is 57.4 Å². The number of carboxylic acids is 1. The normalized spacial score (nSPS) is 15.2. The molecule has 3 N–H and O–H groups in total. The molecule has 1 amide bonds. The molecule has 0 bridgehead atoms. The van der Waals surface area contributed by atoms with E-state index in [9.17, 15) is 23.1 Å². The number of amides is 1. The molecule has 1 aliphatic rings. The SMILES string of the molecule is CS(=O)(=O)CCCCC1(C(=S)N[C@@H](Cc2ccc(NC(=O)c3c(Cl)cccc3Cl)cc2)C(=O)O)CCCC1.[NaH]. The number of hydrogen-bond acceptors (Lipinski definition) is 5. The number of benzene rings is 2. The maximum atomic E-state index is 12.6. The predicted octanol–water partition coefficient (Wildman–Crippen LogP) is 5.29. The summed E-state index contributed by atoms with van der Waals surface area (Å²) in [6.07, 6.45) is 7.22. The summed E-state index contributed by atoms with van der Waals surface area (Å²) >= 11 is 18.0. The molecule has 1 fully saturated rings. The Bertz CT molecular complexity index is 1260. The van der Waals surface area contributed by atoms with Crippen molar-refractivity contribution in [2.24, 2.45) is 5.41 Å². The Hall–Kier alpha value is -1.20. The Balaban J connectivity index is 0.00000533. The minimum absolute atomic E-state index is 0. The molecule has 7 nitrogen and oxygen atoms in total. The van der Waals surface area contributed by atoms with Gasteiger partial charge in [-0.25, -0.2) is 13.2 Å². The van der Waals surface area contributed by atoms with Gasteiger partial charge in [0.05, 0.1) is 20.6 Å². The summed E-state index contributed by atoms with van der Waals surface area (Å²) in [7, 11) is -3.01. The van der Waals surface area contributed by atoms with Gasteiger partial charge in [0.1, 0.15) is 15.9 Å². The van der Waals surface area contributed by atoms with Crippen molar-refractivity contribution in [3.63, 3.8) is 0 Å². The summed E-state index contributed by atoms with van der Waals surface area (Å²) in [5, 5.41) is 16.2. The van der Waals surface area contributed by atoms with Crippen molar-refractivity contribution in [1.29, 1.82) is 0 Å². The molecule has 1 atom stereocenters. The van der Waals surface area contributed by atoms with E-state index in [0.717, 1.165) is 44.1 Å². The zero-order chi connectivity index (χ0) is 27.9. The average Bonchev–Trinajstić information content (AvgIpc) is 3.32. The first-order chi connectivity index (χ1) is 17.9. The molecule has 0 aromatic heterocycles. The molecule has 0 aliphatic heterocycles. The van der Waals surface area contributed by atoms with Gasteiger partial charge in [-0.1, -0.05) is 72.9 Å². The fraction of sp³-hybridized carbons (Fsp3) is 0.444. The first-order valence-electron chi connectivity index (χ1n) is 12.5. The number of carbonyl (C=O) groups is 2. The van der Waals surface area contributed by atoms with Crippen molar-refractivity contribution in [1.82, 2.24) is 5.32 Å². The van der Waals surface area contributed by atoms with Gasteiger partial charge in [-0.15, -0.1) is 0 Å². The summed E-state index contributed by atoms with van der Waals surface area (Å²) in [5.74, 6) is -1.31. The number of aliphatic carboxylic acids is 1. The Kier molecular flexibility index (Phi) is 13.2. The summed E-state index contributed by atoms with van der Waals surface area (Å²) in [5.41, 5.74) is 1.16. The van der Waals surface area contributed by atoms with Gasteiger partial charge in [0.2, 0.25) is 0 Å². The number of sulfone groups is 1. The second kappa shape index (κ2) is 15.1. The molecule has 0 heterocycles. The molecule has 2 aromatic rings. The fourth-order valence-electron chi connectivity index (χ4n) is 4.85. The molecule has 0 saturated heterocycles. The Labute approximate surface area is 267 Å². The van der Waals surface area contributed by atoms with Crippen LogP contribution >= 0.6 is 35.4 Å². The number of thiocarbonyl (C=S) groups is 1. The molecule has 12 heteroatoms. The van der Waals surface area contributed by atoms with Crippen molar-refractivity contribution in [2.75, 3.05) is 17.3 Å². The third-order valence-corrected chi connectivity index (χ3v) is 9.12. The van der Waals surface area contributed by atoms with Crippen LogP contribution in [0.1, 0.15) is 60.9 Å². The van der Waals surface area contributed by atoms with E-state index in [-0.39, 0.29) is 62.8 Å². The van der Waals surface area contributed by atoms with Gasteiger partial charge in [-0.3, -0.25) is 4.79 Å². The molecule has 3 rings (SSSR count). The molecule has 39 heavy (non-hydrogen) atoms. The Morgan fingerprint density at radius 3 is 2.18 bits per heavy atom. The molecule has 1 aliphatic carbocycles. The van der Waals surface area contributed by atoms with Gasteiger partial charge in [0, 0.05) is 29.5 Å². The summed E-state index contributed by atoms with van der Waals surface area (Å²) in [4.78, 5) is 25.3. The van der Waals surface area contributed by atoms with Crippen molar-refractivity contribution < 1.29 is 23.1 Å². The number of anilines is 1. The van der Waals surface area contributed by atoms with Crippen LogP contribution in [0.3, 0.4) is 0 Å². The van der Waals surface area contributed by atoms with E-state index in [2.05, 4.69) is 10.6 Å². The summed E-state index contributed by atoms with van der Waals surface area (Å²) in [6, 6.07) is 10.8. The van der Waals surface area contributed by atoms with E-state index in [1.807, 2.05) is 0 Å². The van der Waals surface area contributed by atoms with E-state index < -0.39 is 27.8 Å². The zero-order valence-corrected chi connectivity index (χ0v) is 24.3. The van der Waals surface area contributed by atoms with Crippen LogP contribution in [-0.4, -0.2) is 78.0 Å². The van der Waals surface area contributed by atoms with Crippen molar-refractivity contribution in [3.05, 3.63) is 63.6 Å². The van der Waals surface area contributed by atoms with Crippen molar-refractivity contribution in [3.8, 4) is 0 Å². The first-order valence-corrected chi connectivity index (χ1v) is 15.7. The molecular weight excluding hydrogens is 590 g/mol. The van der Waals surface area contributed by atoms with Crippen LogP contribution in [0.25, 0.3) is 0 Å². The van der Waals surface area contributed by atoms with Gasteiger partial charge in [-0.05, 0) is 55.5 Å². The fourth-order valence-corrected chi connectivity index (χ4v) is 6.60. The minimum atomic E-state index is -3.01. The molecule has 0 unspecified atom stereocenters. The van der Waals surface area contributed by atoms with E-state index in [1.165, 1.54) is 6.26 Å². The van der Waals surface area contributed by atoms with Crippen LogP contribution in [0, 0.1) is 5.41 Å². The molecule has 0 spiro atoms. The molecular formula is C27H33Cl2N2NaO5S2. The third kappa shape index (κ3) is 9.99. The van der Waals surface area contributed by atoms with Crippen LogP contribution in [-0.2, 0) is 21.1 Å². The number of halogens is 2. The number of unbranched alkanes of at least 4 members (excludes halogenated alkanes) is 1. The van der Waals surface area contributed by atoms with Crippen LogP contribution in [0.5, 0.6) is 0 Å². The quantitative estimate of drug-likeness (QED) is 0.168. The Morgan fingerprint density at radius 2 is 1.64 bits per heavy atom. The average molecular weight is 624 g/mol. The zero-order valence-electron chi connectivity index (χ0n) is 21.1. The molecule has 1 saturated carbocycles. The summed E-state index contributed by atoms with van der Waals surface area (Å²) in [6.45, 7) is 0. The van der Waals surface area contributed by atoms with Crippen LogP contribution < -0.4 is 10.6 Å².